The Kier molecular flexibility index (Phi) is 6.31. The lowest BCUT2D eigenvalue weighted by Crippen LogP contribution is -2.29. The van der Waals surface area contributed by atoms with E-state index in [1.807, 2.05) is 54.6 Å². The lowest BCUT2D eigenvalue weighted by Gasteiger charge is -2.25. The third-order valence-corrected chi connectivity index (χ3v) is 5.88. The number of nitrogens with zero attached hydrogens (tertiary/aromatic N) is 1. The molecule has 1 aliphatic heterocycles. The standard InChI is InChI=1S/C26H27N5O3/c27-18-6-8-23(28-19-10-12-33-13-11-19)22(14-18)26(32)29-25-21-15-20(7-9-24(21)30-31-25)34-16-17-4-2-1-3-5-17/h1-9,14-15,19,28H,10-13,16,27H2,(H2,29,30,31,32). The lowest BCUT2D eigenvalue weighted by atomic mass is 10.1. The molecule has 1 saturated heterocycles. The number of nitrogens with one attached hydrogen (secondary N) is 3. The maximum absolute atomic E-state index is 13.2. The molecular weight excluding hydrogens is 430 g/mol. The van der Waals surface area contributed by atoms with Crippen molar-refractivity contribution in [3.63, 3.8) is 0 Å². The van der Waals surface area contributed by atoms with Gasteiger partial charge in [-0.15, -0.1) is 0 Å². The smallest absolute Gasteiger partial charge is 0.259 e. The fraction of sp³-hybridized carbons (Fsp3) is 0.231. The van der Waals surface area contributed by atoms with Gasteiger partial charge in [0.05, 0.1) is 11.1 Å². The van der Waals surface area contributed by atoms with Gasteiger partial charge in [-0.25, -0.2) is 0 Å². The monoisotopic (exact) mass is 457 g/mol. The summed E-state index contributed by atoms with van der Waals surface area (Å²) in [7, 11) is 0. The summed E-state index contributed by atoms with van der Waals surface area (Å²) in [5.41, 5.74) is 9.61. The van der Waals surface area contributed by atoms with Crippen molar-refractivity contribution in [1.29, 1.82) is 0 Å². The zero-order chi connectivity index (χ0) is 23.3. The molecule has 8 nitrogen and oxygen atoms in total. The van der Waals surface area contributed by atoms with Gasteiger partial charge >= 0.3 is 0 Å². The SMILES string of the molecule is Nc1ccc(NC2CCOCC2)c(C(=O)Nc2n[nH]c3ccc(OCc4ccccc4)cc23)c1. The number of fused-ring (bicyclic) bond motifs is 1. The quantitative estimate of drug-likeness (QED) is 0.302. The Bertz CT molecular complexity index is 1280. The number of carbonyl (C=O) groups is 1. The number of anilines is 3. The van der Waals surface area contributed by atoms with Gasteiger partial charge in [0.15, 0.2) is 5.82 Å². The number of benzene rings is 3. The fourth-order valence-corrected chi connectivity index (χ4v) is 4.03. The molecule has 1 aliphatic rings. The highest BCUT2D eigenvalue weighted by atomic mass is 16.5. The summed E-state index contributed by atoms with van der Waals surface area (Å²) >= 11 is 0. The lowest BCUT2D eigenvalue weighted by molar-refractivity contribution is 0.0904. The molecule has 2 heterocycles. The number of aromatic nitrogens is 2. The summed E-state index contributed by atoms with van der Waals surface area (Å²) in [6, 6.07) is 21.2. The Morgan fingerprint density at radius 2 is 1.91 bits per heavy atom. The molecule has 1 amide bonds. The first-order valence-corrected chi connectivity index (χ1v) is 11.4. The van der Waals surface area contributed by atoms with Gasteiger partial charge in [-0.3, -0.25) is 9.89 Å². The maximum atomic E-state index is 13.2. The van der Waals surface area contributed by atoms with E-state index in [0.717, 1.165) is 35.0 Å². The largest absolute Gasteiger partial charge is 0.489 e. The van der Waals surface area contributed by atoms with E-state index >= 15 is 0 Å². The number of rotatable bonds is 7. The Hall–Kier alpha value is -4.04. The highest BCUT2D eigenvalue weighted by Gasteiger charge is 2.19. The molecule has 5 N–H and O–H groups in total. The zero-order valence-corrected chi connectivity index (χ0v) is 18.7. The molecule has 8 heteroatoms. The maximum Gasteiger partial charge on any atom is 0.259 e. The van der Waals surface area contributed by atoms with Crippen LogP contribution in [-0.4, -0.2) is 35.4 Å². The second-order valence-corrected chi connectivity index (χ2v) is 8.34. The molecule has 0 aliphatic carbocycles. The molecule has 174 valence electrons. The fourth-order valence-electron chi connectivity index (χ4n) is 4.03. The molecular formula is C26H27N5O3. The number of carbonyl (C=O) groups excluding carboxylic acids is 1. The van der Waals surface area contributed by atoms with Gasteiger partial charge in [0, 0.05) is 36.0 Å². The van der Waals surface area contributed by atoms with Gasteiger partial charge < -0.3 is 25.8 Å². The summed E-state index contributed by atoms with van der Waals surface area (Å²) in [6.45, 7) is 1.88. The molecule has 3 aromatic carbocycles. The Morgan fingerprint density at radius 1 is 1.09 bits per heavy atom. The van der Waals surface area contributed by atoms with E-state index in [-0.39, 0.29) is 11.9 Å². The van der Waals surface area contributed by atoms with Crippen molar-refractivity contribution in [3.8, 4) is 5.75 Å². The summed E-state index contributed by atoms with van der Waals surface area (Å²) in [6.07, 6.45) is 1.78. The Balaban J connectivity index is 1.34. The third-order valence-electron chi connectivity index (χ3n) is 5.88. The molecule has 0 radical (unpaired) electrons. The van der Waals surface area contributed by atoms with Crippen molar-refractivity contribution in [2.24, 2.45) is 0 Å². The van der Waals surface area contributed by atoms with Gasteiger partial charge in [0.25, 0.3) is 5.91 Å². The molecule has 0 unspecified atom stereocenters. The van der Waals surface area contributed by atoms with Gasteiger partial charge in [0.2, 0.25) is 0 Å². The molecule has 1 fully saturated rings. The van der Waals surface area contributed by atoms with Crippen LogP contribution < -0.4 is 21.1 Å². The van der Waals surface area contributed by atoms with Crippen molar-refractivity contribution in [2.75, 3.05) is 29.6 Å². The molecule has 0 bridgehead atoms. The van der Waals surface area contributed by atoms with Crippen LogP contribution in [-0.2, 0) is 11.3 Å². The van der Waals surface area contributed by atoms with E-state index in [9.17, 15) is 4.79 Å². The van der Waals surface area contributed by atoms with Gasteiger partial charge in [-0.2, -0.15) is 5.10 Å². The summed E-state index contributed by atoms with van der Waals surface area (Å²) < 4.78 is 11.4. The second-order valence-electron chi connectivity index (χ2n) is 8.34. The van der Waals surface area contributed by atoms with Gasteiger partial charge in [0.1, 0.15) is 12.4 Å². The van der Waals surface area contributed by atoms with E-state index < -0.39 is 0 Å². The first-order valence-electron chi connectivity index (χ1n) is 11.4. The minimum Gasteiger partial charge on any atom is -0.489 e. The van der Waals surface area contributed by atoms with Crippen LogP contribution in [0.3, 0.4) is 0 Å². The van der Waals surface area contributed by atoms with Crippen LogP contribution in [0.4, 0.5) is 17.2 Å². The number of H-pyrrole nitrogens is 1. The second kappa shape index (κ2) is 9.84. The molecule has 4 aromatic rings. The van der Waals surface area contributed by atoms with Gasteiger partial charge in [-0.1, -0.05) is 30.3 Å². The Labute approximate surface area is 197 Å². The molecule has 0 atom stereocenters. The number of nitrogens with two attached hydrogens (primary N) is 1. The molecule has 0 saturated carbocycles. The van der Waals surface area contributed by atoms with E-state index in [1.165, 1.54) is 0 Å². The zero-order valence-electron chi connectivity index (χ0n) is 18.7. The highest BCUT2D eigenvalue weighted by Crippen LogP contribution is 2.28. The van der Waals surface area contributed by atoms with E-state index in [4.69, 9.17) is 15.2 Å². The molecule has 34 heavy (non-hydrogen) atoms. The predicted molar refractivity (Wildman–Crippen MR) is 133 cm³/mol. The number of hydrogen-bond acceptors (Lipinski definition) is 6. The average molecular weight is 458 g/mol. The van der Waals surface area contributed by atoms with Gasteiger partial charge in [-0.05, 0) is 54.8 Å². The van der Waals surface area contributed by atoms with Crippen LogP contribution in [0.2, 0.25) is 0 Å². The summed E-state index contributed by atoms with van der Waals surface area (Å²) in [5.74, 6) is 0.842. The number of aromatic amines is 1. The van der Waals surface area contributed by atoms with E-state index in [1.54, 1.807) is 12.1 Å². The predicted octanol–water partition coefficient (Wildman–Crippen LogP) is 4.57. The van der Waals surface area contributed by atoms with Crippen molar-refractivity contribution < 1.29 is 14.3 Å². The first kappa shape index (κ1) is 21.8. The number of nitrogen functional groups attached to an aromatic ring is 1. The van der Waals surface area contributed by atoms with Crippen LogP contribution in [0.25, 0.3) is 10.9 Å². The topological polar surface area (TPSA) is 114 Å². The normalized spacial score (nSPS) is 14.1. The van der Waals surface area contributed by atoms with Crippen LogP contribution in [0, 0.1) is 0 Å². The highest BCUT2D eigenvalue weighted by molar-refractivity contribution is 6.11. The molecule has 1 aromatic heterocycles. The average Bonchev–Trinajstić information content (AvgIpc) is 3.27. The number of ether oxygens (including phenoxy) is 2. The van der Waals surface area contributed by atoms with Crippen molar-refractivity contribution in [2.45, 2.75) is 25.5 Å². The first-order chi connectivity index (χ1) is 16.7. The Morgan fingerprint density at radius 3 is 2.74 bits per heavy atom. The van der Waals surface area contributed by atoms with Crippen molar-refractivity contribution in [3.05, 3.63) is 77.9 Å². The van der Waals surface area contributed by atoms with Crippen molar-refractivity contribution in [1.82, 2.24) is 10.2 Å². The molecule has 0 spiro atoms. The summed E-state index contributed by atoms with van der Waals surface area (Å²) in [5, 5.41) is 14.4. The number of hydrogen-bond donors (Lipinski definition) is 4. The van der Waals surface area contributed by atoms with Crippen LogP contribution >= 0.6 is 0 Å². The van der Waals surface area contributed by atoms with E-state index in [2.05, 4.69) is 20.8 Å². The minimum absolute atomic E-state index is 0.249. The van der Waals surface area contributed by atoms with Crippen LogP contribution in [0.1, 0.15) is 28.8 Å². The molecule has 5 rings (SSSR count). The number of amides is 1. The van der Waals surface area contributed by atoms with Crippen molar-refractivity contribution >= 4 is 34.0 Å². The van der Waals surface area contributed by atoms with E-state index in [0.29, 0.717) is 42.6 Å². The third kappa shape index (κ3) is 4.97. The van der Waals surface area contributed by atoms with Crippen LogP contribution in [0.5, 0.6) is 5.75 Å². The summed E-state index contributed by atoms with van der Waals surface area (Å²) in [4.78, 5) is 13.2. The van der Waals surface area contributed by atoms with Crippen LogP contribution in [0.15, 0.2) is 66.7 Å². The minimum atomic E-state index is -0.286.